The van der Waals surface area contributed by atoms with Gasteiger partial charge in [-0.25, -0.2) is 0 Å². The molecule has 1 aromatic heterocycles. The van der Waals surface area contributed by atoms with Crippen molar-refractivity contribution in [2.24, 2.45) is 0 Å². The van der Waals surface area contributed by atoms with Crippen molar-refractivity contribution in [3.63, 3.8) is 0 Å². The Balaban J connectivity index is 1.31. The summed E-state index contributed by atoms with van der Waals surface area (Å²) >= 11 is 9.14. The molecule has 40 heavy (non-hydrogen) atoms. The molecule has 0 aliphatic carbocycles. The number of nitrogens with zero attached hydrogens (tertiary/aromatic N) is 5. The normalized spacial score (nSPS) is 16.6. The number of hydrogen-bond acceptors (Lipinski definition) is 8. The number of hydrogen-bond donors (Lipinski definition) is 1. The molecule has 1 unspecified atom stereocenters. The third-order valence-electron chi connectivity index (χ3n) is 6.95. The summed E-state index contributed by atoms with van der Waals surface area (Å²) in [5.74, 6) is -0.0782. The molecule has 3 heterocycles. The summed E-state index contributed by atoms with van der Waals surface area (Å²) in [7, 11) is 0. The molecular weight excluding hydrogens is 570 g/mol. The fourth-order valence-electron chi connectivity index (χ4n) is 4.96. The van der Waals surface area contributed by atoms with Crippen molar-refractivity contribution in [1.82, 2.24) is 19.4 Å². The van der Waals surface area contributed by atoms with Crippen LogP contribution >= 0.6 is 35.1 Å². The molecule has 1 atom stereocenters. The van der Waals surface area contributed by atoms with Crippen LogP contribution < -0.4 is 5.56 Å². The van der Waals surface area contributed by atoms with Crippen molar-refractivity contribution in [1.29, 1.82) is 5.26 Å². The highest BCUT2D eigenvalue weighted by atomic mass is 35.5. The minimum atomic E-state index is -0.867. The van der Waals surface area contributed by atoms with Crippen LogP contribution in [0.2, 0.25) is 5.02 Å². The van der Waals surface area contributed by atoms with E-state index in [-0.39, 0.29) is 17.4 Å². The third kappa shape index (κ3) is 5.84. The first-order valence-corrected chi connectivity index (χ1v) is 15.1. The maximum Gasteiger partial charge on any atom is 0.315 e. The highest BCUT2D eigenvalue weighted by Gasteiger charge is 2.37. The first-order valence-electron chi connectivity index (χ1n) is 12.8. The van der Waals surface area contributed by atoms with E-state index in [1.807, 2.05) is 30.3 Å². The minimum Gasteiger partial charge on any atom is -0.501 e. The largest absolute Gasteiger partial charge is 0.501 e. The highest BCUT2D eigenvalue weighted by Crippen LogP contribution is 2.35. The van der Waals surface area contributed by atoms with Crippen LogP contribution in [0.1, 0.15) is 40.8 Å². The van der Waals surface area contributed by atoms with Crippen molar-refractivity contribution < 1.29 is 14.7 Å². The van der Waals surface area contributed by atoms with E-state index in [0.717, 1.165) is 16.2 Å². The average Bonchev–Trinajstić information content (AvgIpc) is 3.45. The molecule has 12 heteroatoms. The van der Waals surface area contributed by atoms with Crippen LogP contribution in [0.5, 0.6) is 5.75 Å². The number of fused-ring (bicyclic) bond motifs is 1. The van der Waals surface area contributed by atoms with Gasteiger partial charge in [-0.3, -0.25) is 14.4 Å². The fraction of sp³-hybridized carbons (Fsp3) is 0.321. The summed E-state index contributed by atoms with van der Waals surface area (Å²) in [4.78, 5) is 48.6. The molecule has 0 saturated carbocycles. The van der Waals surface area contributed by atoms with Crippen LogP contribution in [0, 0.1) is 11.3 Å². The average molecular weight is 596 g/mol. The molecule has 0 bridgehead atoms. The van der Waals surface area contributed by atoms with Crippen molar-refractivity contribution in [3.8, 4) is 11.8 Å². The molecule has 1 fully saturated rings. The summed E-state index contributed by atoms with van der Waals surface area (Å²) in [5, 5.41) is 20.1. The Kier molecular flexibility index (Phi) is 8.69. The Hall–Kier alpha value is -3.46. The van der Waals surface area contributed by atoms with Gasteiger partial charge in [-0.15, -0.1) is 23.5 Å². The van der Waals surface area contributed by atoms with Gasteiger partial charge >= 0.3 is 5.56 Å². The van der Waals surface area contributed by atoms with Gasteiger partial charge in [-0.05, 0) is 49.2 Å². The molecule has 1 N–H and O–H groups in total. The number of likely N-dealkylation sites (tertiary alicyclic amines) is 1. The summed E-state index contributed by atoms with van der Waals surface area (Å²) in [6.07, 6.45) is 1.35. The number of aromatic hydroxyl groups is 1. The molecule has 206 valence electrons. The van der Waals surface area contributed by atoms with Crippen molar-refractivity contribution in [2.75, 3.05) is 31.1 Å². The summed E-state index contributed by atoms with van der Waals surface area (Å²) < 4.78 is 1.61. The number of amides is 2. The topological polar surface area (TPSA) is 120 Å². The number of thioether (sulfide) groups is 2. The van der Waals surface area contributed by atoms with Gasteiger partial charge in [0.15, 0.2) is 5.69 Å². The van der Waals surface area contributed by atoms with E-state index in [9.17, 15) is 19.5 Å². The standard InChI is InChI=1S/C28H26ClN5O4S2/c29-20-4-1-2-6-22(20)40-17-23(35)33-11-3-5-21(33)26-31-27(37)25(36)24-28(38)32(12-13-34(24)26)14-15-39-19-9-7-18(16-30)8-10-19/h1-2,4,6-10,21,36H,3,5,11-15,17H2. The lowest BCUT2D eigenvalue weighted by atomic mass is 10.1. The minimum absolute atomic E-state index is 0.0747. The Morgan fingerprint density at radius 2 is 1.88 bits per heavy atom. The Labute approximate surface area is 244 Å². The number of carbonyl (C=O) groups is 2. The Morgan fingerprint density at radius 3 is 2.62 bits per heavy atom. The van der Waals surface area contributed by atoms with E-state index in [1.54, 1.807) is 44.3 Å². The zero-order valence-corrected chi connectivity index (χ0v) is 23.8. The van der Waals surface area contributed by atoms with E-state index in [4.69, 9.17) is 16.9 Å². The van der Waals surface area contributed by atoms with E-state index in [1.165, 1.54) is 11.8 Å². The van der Waals surface area contributed by atoms with Gasteiger partial charge in [-0.2, -0.15) is 10.2 Å². The SMILES string of the molecule is N#Cc1ccc(SCCN2CCn3c(C4CCCN4C(=O)CSc4ccccc4Cl)nc(=O)c(O)c3C2=O)cc1. The lowest BCUT2D eigenvalue weighted by Crippen LogP contribution is -2.45. The lowest BCUT2D eigenvalue weighted by Gasteiger charge is -2.33. The van der Waals surface area contributed by atoms with Crippen LogP contribution in [-0.4, -0.2) is 67.4 Å². The summed E-state index contributed by atoms with van der Waals surface area (Å²) in [6.45, 7) is 1.68. The molecular formula is C28H26ClN5O4S2. The van der Waals surface area contributed by atoms with Gasteiger partial charge in [-0.1, -0.05) is 23.7 Å². The van der Waals surface area contributed by atoms with Crippen molar-refractivity contribution in [3.05, 3.63) is 81.0 Å². The van der Waals surface area contributed by atoms with Crippen molar-refractivity contribution >= 4 is 46.9 Å². The summed E-state index contributed by atoms with van der Waals surface area (Å²) in [5.41, 5.74) is -0.359. The smallest absolute Gasteiger partial charge is 0.315 e. The zero-order valence-electron chi connectivity index (χ0n) is 21.5. The van der Waals surface area contributed by atoms with Crippen LogP contribution in [0.25, 0.3) is 0 Å². The third-order valence-corrected chi connectivity index (χ3v) is 9.44. The van der Waals surface area contributed by atoms with Crippen LogP contribution in [0.4, 0.5) is 0 Å². The van der Waals surface area contributed by atoms with Gasteiger partial charge < -0.3 is 19.5 Å². The maximum atomic E-state index is 13.4. The van der Waals surface area contributed by atoms with Crippen molar-refractivity contribution in [2.45, 2.75) is 35.2 Å². The van der Waals surface area contributed by atoms with Gasteiger partial charge in [0.05, 0.1) is 28.5 Å². The van der Waals surface area contributed by atoms with Gasteiger partial charge in [0.25, 0.3) is 5.91 Å². The second-order valence-corrected chi connectivity index (χ2v) is 12.0. The number of nitriles is 1. The first-order chi connectivity index (χ1) is 19.4. The first kappa shape index (κ1) is 28.1. The molecule has 9 nitrogen and oxygen atoms in total. The van der Waals surface area contributed by atoms with Gasteiger partial charge in [0, 0.05) is 41.7 Å². The Morgan fingerprint density at radius 1 is 1.10 bits per heavy atom. The highest BCUT2D eigenvalue weighted by molar-refractivity contribution is 8.00. The zero-order chi connectivity index (χ0) is 28.2. The quantitative estimate of drug-likeness (QED) is 0.385. The van der Waals surface area contributed by atoms with Gasteiger partial charge in [0.1, 0.15) is 5.82 Å². The van der Waals surface area contributed by atoms with E-state index in [0.29, 0.717) is 54.8 Å². The second-order valence-electron chi connectivity index (χ2n) is 9.37. The molecule has 5 rings (SSSR count). The van der Waals surface area contributed by atoms with E-state index in [2.05, 4.69) is 11.1 Å². The monoisotopic (exact) mass is 595 g/mol. The van der Waals surface area contributed by atoms with E-state index < -0.39 is 23.3 Å². The fourth-order valence-corrected chi connectivity index (χ4v) is 6.96. The second kappa shape index (κ2) is 12.4. The number of benzene rings is 2. The lowest BCUT2D eigenvalue weighted by molar-refractivity contribution is -0.129. The number of rotatable bonds is 8. The van der Waals surface area contributed by atoms with Crippen LogP contribution in [0.3, 0.4) is 0 Å². The van der Waals surface area contributed by atoms with Crippen LogP contribution in [0.15, 0.2) is 63.1 Å². The predicted molar refractivity (Wildman–Crippen MR) is 154 cm³/mol. The predicted octanol–water partition coefficient (Wildman–Crippen LogP) is 4.18. The molecule has 0 radical (unpaired) electrons. The summed E-state index contributed by atoms with van der Waals surface area (Å²) in [6, 6.07) is 16.2. The van der Waals surface area contributed by atoms with Gasteiger partial charge in [0.2, 0.25) is 11.7 Å². The molecule has 2 aliphatic rings. The number of carbonyl (C=O) groups excluding carboxylic acids is 2. The Bertz CT molecular complexity index is 1540. The number of halogens is 1. The molecule has 2 aliphatic heterocycles. The number of aromatic nitrogens is 2. The van der Waals surface area contributed by atoms with Crippen LogP contribution in [-0.2, 0) is 11.3 Å². The molecule has 0 spiro atoms. The molecule has 3 aromatic rings. The molecule has 2 aromatic carbocycles. The molecule has 2 amide bonds. The van der Waals surface area contributed by atoms with E-state index >= 15 is 0 Å². The molecule has 1 saturated heterocycles. The maximum absolute atomic E-state index is 13.4.